The van der Waals surface area contributed by atoms with Crippen molar-refractivity contribution < 1.29 is 9.72 Å². The first kappa shape index (κ1) is 15.9. The zero-order valence-corrected chi connectivity index (χ0v) is 13.5. The molecule has 0 spiro atoms. The smallest absolute Gasteiger partial charge is 0.269 e. The molecule has 0 radical (unpaired) electrons. The standard InChI is InChI=1S/C14H8BrCl2NO3/c15-13(8-1-4-10(5-2-8)18(20)21)14(19)11-6-3-9(16)7-12(11)17/h1-7,13H. The van der Waals surface area contributed by atoms with Gasteiger partial charge in [-0.15, -0.1) is 0 Å². The van der Waals surface area contributed by atoms with Crippen molar-refractivity contribution in [3.8, 4) is 0 Å². The number of carbonyl (C=O) groups is 1. The second-order valence-electron chi connectivity index (χ2n) is 4.20. The molecule has 0 saturated carbocycles. The Kier molecular flexibility index (Phi) is 4.98. The van der Waals surface area contributed by atoms with E-state index in [1.165, 1.54) is 30.3 Å². The van der Waals surface area contributed by atoms with Gasteiger partial charge in [-0.25, -0.2) is 0 Å². The second kappa shape index (κ2) is 6.56. The van der Waals surface area contributed by atoms with E-state index >= 15 is 0 Å². The molecule has 4 nitrogen and oxygen atoms in total. The summed E-state index contributed by atoms with van der Waals surface area (Å²) in [5, 5.41) is 11.3. The Labute approximate surface area is 139 Å². The molecular weight excluding hydrogens is 381 g/mol. The number of non-ortho nitro benzene ring substituents is 1. The van der Waals surface area contributed by atoms with Crippen LogP contribution in [-0.4, -0.2) is 10.7 Å². The molecule has 0 aliphatic rings. The van der Waals surface area contributed by atoms with E-state index in [-0.39, 0.29) is 16.5 Å². The molecule has 2 aromatic carbocycles. The number of benzene rings is 2. The highest BCUT2D eigenvalue weighted by Gasteiger charge is 2.22. The van der Waals surface area contributed by atoms with Crippen LogP contribution in [0.5, 0.6) is 0 Å². The van der Waals surface area contributed by atoms with Crippen LogP contribution in [0.1, 0.15) is 20.7 Å². The number of hydrogen-bond acceptors (Lipinski definition) is 3. The first-order valence-corrected chi connectivity index (χ1v) is 7.45. The molecule has 0 amide bonds. The fraction of sp³-hybridized carbons (Fsp3) is 0.0714. The van der Waals surface area contributed by atoms with Gasteiger partial charge in [-0.2, -0.15) is 0 Å². The third kappa shape index (κ3) is 3.61. The molecule has 0 saturated heterocycles. The number of Topliss-reactive ketones (excluding diaryl/α,β-unsaturated/α-hetero) is 1. The number of nitro benzene ring substituents is 1. The molecule has 0 bridgehead atoms. The molecule has 1 atom stereocenters. The van der Waals surface area contributed by atoms with E-state index in [1.807, 2.05) is 0 Å². The van der Waals surface area contributed by atoms with E-state index in [4.69, 9.17) is 23.2 Å². The maximum atomic E-state index is 12.4. The van der Waals surface area contributed by atoms with Gasteiger partial charge in [0, 0.05) is 22.7 Å². The molecular formula is C14H8BrCl2NO3. The summed E-state index contributed by atoms with van der Waals surface area (Å²) in [6, 6.07) is 10.4. The van der Waals surface area contributed by atoms with Crippen LogP contribution in [0.4, 0.5) is 5.69 Å². The molecule has 2 aromatic rings. The van der Waals surface area contributed by atoms with Crippen LogP contribution in [-0.2, 0) is 0 Å². The SMILES string of the molecule is O=C(c1ccc(Cl)cc1Cl)C(Br)c1ccc([N+](=O)[O-])cc1. The molecule has 108 valence electrons. The predicted octanol–water partition coefficient (Wildman–Crippen LogP) is 5.22. The van der Waals surface area contributed by atoms with Gasteiger partial charge in [0.2, 0.25) is 0 Å². The van der Waals surface area contributed by atoms with Gasteiger partial charge < -0.3 is 0 Å². The number of ketones is 1. The fourth-order valence-corrected chi connectivity index (χ4v) is 2.80. The van der Waals surface area contributed by atoms with Crippen molar-refractivity contribution in [2.75, 3.05) is 0 Å². The molecule has 0 fully saturated rings. The highest BCUT2D eigenvalue weighted by molar-refractivity contribution is 9.09. The van der Waals surface area contributed by atoms with Gasteiger partial charge in [0.1, 0.15) is 4.83 Å². The monoisotopic (exact) mass is 387 g/mol. The Morgan fingerprint density at radius 3 is 2.29 bits per heavy atom. The summed E-state index contributed by atoms with van der Waals surface area (Å²) < 4.78 is 0. The van der Waals surface area contributed by atoms with Crippen molar-refractivity contribution in [1.29, 1.82) is 0 Å². The number of hydrogen-bond donors (Lipinski definition) is 0. The summed E-state index contributed by atoms with van der Waals surface area (Å²) in [7, 11) is 0. The summed E-state index contributed by atoms with van der Waals surface area (Å²) in [6.07, 6.45) is 0. The third-order valence-electron chi connectivity index (χ3n) is 2.82. The molecule has 21 heavy (non-hydrogen) atoms. The van der Waals surface area contributed by atoms with Crippen molar-refractivity contribution in [2.24, 2.45) is 0 Å². The molecule has 0 N–H and O–H groups in total. The van der Waals surface area contributed by atoms with E-state index in [0.29, 0.717) is 16.1 Å². The fourth-order valence-electron chi connectivity index (χ4n) is 1.74. The zero-order chi connectivity index (χ0) is 15.6. The lowest BCUT2D eigenvalue weighted by molar-refractivity contribution is -0.384. The topological polar surface area (TPSA) is 60.2 Å². The number of nitro groups is 1. The lowest BCUT2D eigenvalue weighted by Gasteiger charge is -2.10. The maximum Gasteiger partial charge on any atom is 0.269 e. The zero-order valence-electron chi connectivity index (χ0n) is 10.4. The Morgan fingerprint density at radius 2 is 1.76 bits per heavy atom. The van der Waals surface area contributed by atoms with Crippen LogP contribution in [0.25, 0.3) is 0 Å². The van der Waals surface area contributed by atoms with Gasteiger partial charge in [-0.05, 0) is 23.8 Å². The maximum absolute atomic E-state index is 12.4. The Hall–Kier alpha value is -1.43. The third-order valence-corrected chi connectivity index (χ3v) is 4.32. The van der Waals surface area contributed by atoms with Crippen molar-refractivity contribution in [1.82, 2.24) is 0 Å². The molecule has 1 unspecified atom stereocenters. The van der Waals surface area contributed by atoms with E-state index in [1.54, 1.807) is 12.1 Å². The highest BCUT2D eigenvalue weighted by Crippen LogP contribution is 2.31. The number of halogens is 3. The van der Waals surface area contributed by atoms with E-state index < -0.39 is 9.75 Å². The van der Waals surface area contributed by atoms with Crippen LogP contribution < -0.4 is 0 Å². The molecule has 7 heteroatoms. The van der Waals surface area contributed by atoms with Crippen LogP contribution in [0.2, 0.25) is 10.0 Å². The van der Waals surface area contributed by atoms with Crippen LogP contribution in [0.3, 0.4) is 0 Å². The number of alkyl halides is 1. The predicted molar refractivity (Wildman–Crippen MR) is 85.6 cm³/mol. The van der Waals surface area contributed by atoms with Crippen LogP contribution in [0, 0.1) is 10.1 Å². The van der Waals surface area contributed by atoms with E-state index in [9.17, 15) is 14.9 Å². The van der Waals surface area contributed by atoms with Gasteiger partial charge in [-0.1, -0.05) is 51.3 Å². The summed E-state index contributed by atoms with van der Waals surface area (Å²) in [5.41, 5.74) is 0.910. The minimum Gasteiger partial charge on any atom is -0.292 e. The molecule has 2 rings (SSSR count). The highest BCUT2D eigenvalue weighted by atomic mass is 79.9. The second-order valence-corrected chi connectivity index (χ2v) is 5.96. The number of carbonyl (C=O) groups excluding carboxylic acids is 1. The van der Waals surface area contributed by atoms with Gasteiger partial charge in [0.25, 0.3) is 5.69 Å². The van der Waals surface area contributed by atoms with Crippen LogP contribution in [0.15, 0.2) is 42.5 Å². The molecule has 0 heterocycles. The van der Waals surface area contributed by atoms with Crippen LogP contribution >= 0.6 is 39.1 Å². The molecule has 0 aliphatic heterocycles. The van der Waals surface area contributed by atoms with Crippen molar-refractivity contribution >= 4 is 50.6 Å². The Balaban J connectivity index is 2.28. The molecule has 0 aliphatic carbocycles. The van der Waals surface area contributed by atoms with Crippen molar-refractivity contribution in [2.45, 2.75) is 4.83 Å². The van der Waals surface area contributed by atoms with E-state index in [0.717, 1.165) is 0 Å². The average Bonchev–Trinajstić information content (AvgIpc) is 2.46. The number of rotatable bonds is 4. The summed E-state index contributed by atoms with van der Waals surface area (Å²) in [5.74, 6) is -0.245. The Morgan fingerprint density at radius 1 is 1.14 bits per heavy atom. The lowest BCUT2D eigenvalue weighted by Crippen LogP contribution is -2.07. The summed E-state index contributed by atoms with van der Waals surface area (Å²) in [6.45, 7) is 0. The van der Waals surface area contributed by atoms with Crippen molar-refractivity contribution in [3.63, 3.8) is 0 Å². The normalized spacial score (nSPS) is 12.0. The lowest BCUT2D eigenvalue weighted by atomic mass is 10.0. The quantitative estimate of drug-likeness (QED) is 0.312. The van der Waals surface area contributed by atoms with Gasteiger partial charge >= 0.3 is 0 Å². The first-order chi connectivity index (χ1) is 9.90. The first-order valence-electron chi connectivity index (χ1n) is 5.78. The molecule has 0 aromatic heterocycles. The minimum absolute atomic E-state index is 0.0320. The largest absolute Gasteiger partial charge is 0.292 e. The summed E-state index contributed by atoms with van der Waals surface area (Å²) >= 11 is 15.1. The number of nitrogens with zero attached hydrogens (tertiary/aromatic N) is 1. The average molecular weight is 389 g/mol. The van der Waals surface area contributed by atoms with Gasteiger partial charge in [0.05, 0.1) is 9.95 Å². The minimum atomic E-state index is -0.642. The van der Waals surface area contributed by atoms with Gasteiger partial charge in [0.15, 0.2) is 5.78 Å². The summed E-state index contributed by atoms with van der Waals surface area (Å²) in [4.78, 5) is 21.9. The Bertz CT molecular complexity index is 704. The van der Waals surface area contributed by atoms with E-state index in [2.05, 4.69) is 15.9 Å². The van der Waals surface area contributed by atoms with Crippen molar-refractivity contribution in [3.05, 3.63) is 73.8 Å². The van der Waals surface area contributed by atoms with Gasteiger partial charge in [-0.3, -0.25) is 14.9 Å².